The first-order valence-corrected chi connectivity index (χ1v) is 6.96. The second-order valence-corrected chi connectivity index (χ2v) is 5.07. The molecule has 2 aromatic rings. The summed E-state index contributed by atoms with van der Waals surface area (Å²) in [6.45, 7) is 1.10. The van der Waals surface area contributed by atoms with E-state index in [1.54, 1.807) is 14.2 Å². The average Bonchev–Trinajstić information content (AvgIpc) is 2.53. The van der Waals surface area contributed by atoms with Crippen molar-refractivity contribution in [3.05, 3.63) is 59.2 Å². The molecule has 0 amide bonds. The van der Waals surface area contributed by atoms with E-state index in [2.05, 4.69) is 47.8 Å². The number of methoxy groups -OCH3 is 2. The number of ether oxygens (including phenoxy) is 2. The maximum Gasteiger partial charge on any atom is 0.161 e. The summed E-state index contributed by atoms with van der Waals surface area (Å²) >= 11 is 0. The van der Waals surface area contributed by atoms with Crippen LogP contribution < -0.4 is 14.8 Å². The first-order chi connectivity index (χ1) is 9.83. The van der Waals surface area contributed by atoms with E-state index < -0.39 is 0 Å². The van der Waals surface area contributed by atoms with Gasteiger partial charge in [-0.3, -0.25) is 0 Å². The zero-order valence-electron chi connectivity index (χ0n) is 11.9. The molecule has 104 valence electrons. The fraction of sp³-hybridized carbons (Fsp3) is 0.294. The molecule has 0 unspecified atom stereocenters. The molecule has 1 heterocycles. The van der Waals surface area contributed by atoms with Gasteiger partial charge < -0.3 is 14.8 Å². The minimum absolute atomic E-state index is 0.347. The SMILES string of the molecule is COc1cc2c(cc1OC)[C@H](c1ccccc1)[NH2+]CC2. The summed E-state index contributed by atoms with van der Waals surface area (Å²) < 4.78 is 10.9. The van der Waals surface area contributed by atoms with Crippen LogP contribution in [0.4, 0.5) is 0 Å². The molecule has 0 fully saturated rings. The van der Waals surface area contributed by atoms with Crippen LogP contribution in [0.25, 0.3) is 0 Å². The molecule has 1 aliphatic heterocycles. The van der Waals surface area contributed by atoms with Gasteiger partial charge in [0.2, 0.25) is 0 Å². The van der Waals surface area contributed by atoms with Crippen molar-refractivity contribution in [1.82, 2.24) is 0 Å². The van der Waals surface area contributed by atoms with Crippen LogP contribution in [0.5, 0.6) is 11.5 Å². The Balaban J connectivity index is 2.08. The van der Waals surface area contributed by atoms with Gasteiger partial charge in [-0.05, 0) is 17.7 Å². The van der Waals surface area contributed by atoms with Crippen molar-refractivity contribution >= 4 is 0 Å². The first kappa shape index (κ1) is 13.0. The molecule has 3 rings (SSSR count). The third-order valence-corrected chi connectivity index (χ3v) is 3.96. The van der Waals surface area contributed by atoms with Crippen molar-refractivity contribution in [2.75, 3.05) is 20.8 Å². The van der Waals surface area contributed by atoms with Gasteiger partial charge in [0.05, 0.1) is 20.8 Å². The van der Waals surface area contributed by atoms with Gasteiger partial charge >= 0.3 is 0 Å². The zero-order valence-corrected chi connectivity index (χ0v) is 11.9. The number of benzene rings is 2. The summed E-state index contributed by atoms with van der Waals surface area (Å²) in [4.78, 5) is 0. The second-order valence-electron chi connectivity index (χ2n) is 5.07. The third-order valence-electron chi connectivity index (χ3n) is 3.96. The van der Waals surface area contributed by atoms with Crippen molar-refractivity contribution in [3.63, 3.8) is 0 Å². The number of hydrogen-bond acceptors (Lipinski definition) is 2. The molecule has 2 N–H and O–H groups in total. The Bertz CT molecular complexity index is 595. The lowest BCUT2D eigenvalue weighted by Crippen LogP contribution is -2.87. The Morgan fingerprint density at radius 2 is 1.70 bits per heavy atom. The molecule has 3 heteroatoms. The van der Waals surface area contributed by atoms with Crippen LogP contribution in [0, 0.1) is 0 Å². The average molecular weight is 270 g/mol. The van der Waals surface area contributed by atoms with Crippen molar-refractivity contribution < 1.29 is 14.8 Å². The molecule has 2 aromatic carbocycles. The number of quaternary nitrogens is 1. The quantitative estimate of drug-likeness (QED) is 0.924. The molecule has 0 bridgehead atoms. The maximum atomic E-state index is 5.45. The minimum atomic E-state index is 0.347. The third kappa shape index (κ3) is 2.25. The maximum absolute atomic E-state index is 5.45. The van der Waals surface area contributed by atoms with Crippen molar-refractivity contribution in [3.8, 4) is 11.5 Å². The molecule has 0 radical (unpaired) electrons. The summed E-state index contributed by atoms with van der Waals surface area (Å²) in [6.07, 6.45) is 1.07. The van der Waals surface area contributed by atoms with Gasteiger partial charge in [0, 0.05) is 17.5 Å². The van der Waals surface area contributed by atoms with E-state index in [0.717, 1.165) is 24.5 Å². The monoisotopic (exact) mass is 270 g/mol. The normalized spacial score (nSPS) is 17.4. The van der Waals surface area contributed by atoms with E-state index in [-0.39, 0.29) is 0 Å². The predicted molar refractivity (Wildman–Crippen MR) is 78.3 cm³/mol. The van der Waals surface area contributed by atoms with E-state index in [1.165, 1.54) is 16.7 Å². The van der Waals surface area contributed by atoms with Crippen molar-refractivity contribution in [1.29, 1.82) is 0 Å². The number of rotatable bonds is 3. The molecule has 0 aliphatic carbocycles. The fourth-order valence-electron chi connectivity index (χ4n) is 2.95. The Labute approximate surface area is 119 Å². The fourth-order valence-corrected chi connectivity index (χ4v) is 2.95. The minimum Gasteiger partial charge on any atom is -0.493 e. The van der Waals surface area contributed by atoms with Gasteiger partial charge in [0.1, 0.15) is 6.04 Å². The van der Waals surface area contributed by atoms with Gasteiger partial charge in [0.15, 0.2) is 11.5 Å². The van der Waals surface area contributed by atoms with Crippen molar-refractivity contribution in [2.45, 2.75) is 12.5 Å². The van der Waals surface area contributed by atoms with E-state index >= 15 is 0 Å². The lowest BCUT2D eigenvalue weighted by molar-refractivity contribution is -0.690. The number of fused-ring (bicyclic) bond motifs is 1. The summed E-state index contributed by atoms with van der Waals surface area (Å²) in [6, 6.07) is 15.2. The smallest absolute Gasteiger partial charge is 0.161 e. The second kappa shape index (κ2) is 5.55. The van der Waals surface area contributed by atoms with Crippen LogP contribution in [0.15, 0.2) is 42.5 Å². The highest BCUT2D eigenvalue weighted by Gasteiger charge is 2.26. The summed E-state index contributed by atoms with van der Waals surface area (Å²) in [7, 11) is 3.38. The molecular weight excluding hydrogens is 250 g/mol. The van der Waals surface area contributed by atoms with Gasteiger partial charge in [0.25, 0.3) is 0 Å². The summed E-state index contributed by atoms with van der Waals surface area (Å²) in [5.41, 5.74) is 4.03. The molecule has 0 aromatic heterocycles. The largest absolute Gasteiger partial charge is 0.493 e. The predicted octanol–water partition coefficient (Wildman–Crippen LogP) is 1.91. The highest BCUT2D eigenvalue weighted by molar-refractivity contribution is 5.50. The van der Waals surface area contributed by atoms with E-state index in [9.17, 15) is 0 Å². The Morgan fingerprint density at radius 3 is 2.40 bits per heavy atom. The summed E-state index contributed by atoms with van der Waals surface area (Å²) in [5, 5.41) is 2.39. The van der Waals surface area contributed by atoms with E-state index in [4.69, 9.17) is 9.47 Å². The molecule has 20 heavy (non-hydrogen) atoms. The molecule has 0 saturated heterocycles. The zero-order chi connectivity index (χ0) is 13.9. The van der Waals surface area contributed by atoms with Crippen LogP contribution in [0.3, 0.4) is 0 Å². The Morgan fingerprint density at radius 1 is 1.00 bits per heavy atom. The Kier molecular flexibility index (Phi) is 3.61. The van der Waals surface area contributed by atoms with Gasteiger partial charge in [-0.25, -0.2) is 0 Å². The van der Waals surface area contributed by atoms with E-state index in [1.807, 2.05) is 0 Å². The molecule has 1 atom stereocenters. The molecule has 1 aliphatic rings. The lowest BCUT2D eigenvalue weighted by Gasteiger charge is -2.25. The number of hydrogen-bond donors (Lipinski definition) is 1. The van der Waals surface area contributed by atoms with Crippen LogP contribution in [0.1, 0.15) is 22.7 Å². The molecular formula is C17H20NO2+. The van der Waals surface area contributed by atoms with Crippen LogP contribution >= 0.6 is 0 Å². The highest BCUT2D eigenvalue weighted by atomic mass is 16.5. The van der Waals surface area contributed by atoms with E-state index in [0.29, 0.717) is 6.04 Å². The van der Waals surface area contributed by atoms with Gasteiger partial charge in [-0.2, -0.15) is 0 Å². The van der Waals surface area contributed by atoms with Gasteiger partial charge in [-0.1, -0.05) is 30.3 Å². The summed E-state index contributed by atoms with van der Waals surface area (Å²) in [5.74, 6) is 1.63. The van der Waals surface area contributed by atoms with Crippen LogP contribution in [-0.4, -0.2) is 20.8 Å². The van der Waals surface area contributed by atoms with Crippen LogP contribution in [0.2, 0.25) is 0 Å². The Hall–Kier alpha value is -2.00. The first-order valence-electron chi connectivity index (χ1n) is 6.96. The van der Waals surface area contributed by atoms with Crippen molar-refractivity contribution in [2.24, 2.45) is 0 Å². The topological polar surface area (TPSA) is 35.1 Å². The molecule has 0 spiro atoms. The highest BCUT2D eigenvalue weighted by Crippen LogP contribution is 2.35. The van der Waals surface area contributed by atoms with Crippen LogP contribution in [-0.2, 0) is 6.42 Å². The number of nitrogens with two attached hydrogens (primary N) is 1. The standard InChI is InChI=1S/C17H19NO2/c1-19-15-10-13-8-9-18-17(12-6-4-3-5-7-12)14(13)11-16(15)20-2/h3-7,10-11,17-18H,8-9H2,1-2H3/p+1/t17-/m0/s1. The lowest BCUT2D eigenvalue weighted by atomic mass is 9.89. The molecule has 0 saturated carbocycles. The van der Waals surface area contributed by atoms with Gasteiger partial charge in [-0.15, -0.1) is 0 Å². The molecule has 3 nitrogen and oxygen atoms in total.